The predicted molar refractivity (Wildman–Crippen MR) is 111 cm³/mol. The van der Waals surface area contributed by atoms with Gasteiger partial charge in [-0.3, -0.25) is 4.79 Å². The van der Waals surface area contributed by atoms with Crippen LogP contribution in [0.3, 0.4) is 0 Å². The number of Topliss-reactive ketones (excluding diaryl/α,β-unsaturated/α-hetero) is 1. The van der Waals surface area contributed by atoms with Crippen molar-refractivity contribution in [1.29, 1.82) is 0 Å². The van der Waals surface area contributed by atoms with Crippen LogP contribution < -0.4 is 4.74 Å². The second-order valence-corrected chi connectivity index (χ2v) is 7.22. The number of para-hydroxylation sites is 1. The summed E-state index contributed by atoms with van der Waals surface area (Å²) >= 11 is 0. The Morgan fingerprint density at radius 1 is 1.11 bits per heavy atom. The Hall–Kier alpha value is -1.92. The summed E-state index contributed by atoms with van der Waals surface area (Å²) in [5.41, 5.74) is 0.685. The molecule has 1 heterocycles. The molecule has 1 saturated heterocycles. The first-order valence-corrected chi connectivity index (χ1v) is 9.39. The van der Waals surface area contributed by atoms with Crippen molar-refractivity contribution >= 4 is 18.2 Å². The van der Waals surface area contributed by atoms with Crippen LogP contribution in [0.25, 0.3) is 0 Å². The molecule has 0 aromatic heterocycles. The summed E-state index contributed by atoms with van der Waals surface area (Å²) in [5, 5.41) is 21.2. The number of carbonyl (C=O) groups is 1. The Kier molecular flexibility index (Phi) is 8.01. The first-order chi connectivity index (χ1) is 13.0. The van der Waals surface area contributed by atoms with Gasteiger partial charge in [0.25, 0.3) is 0 Å². The second kappa shape index (κ2) is 10.0. The van der Waals surface area contributed by atoms with E-state index in [0.29, 0.717) is 43.8 Å². The fourth-order valence-corrected chi connectivity index (χ4v) is 3.56. The molecule has 2 aromatic carbocycles. The molecule has 1 aliphatic heterocycles. The number of hydrogen-bond donors (Lipinski definition) is 2. The van der Waals surface area contributed by atoms with E-state index < -0.39 is 11.7 Å². The summed E-state index contributed by atoms with van der Waals surface area (Å²) in [6, 6.07) is 16.8. The highest BCUT2D eigenvalue weighted by molar-refractivity contribution is 5.96. The minimum atomic E-state index is -0.792. The van der Waals surface area contributed by atoms with Crippen LogP contribution in [0, 0.1) is 0 Å². The average molecular weight is 406 g/mol. The smallest absolute Gasteiger partial charge is 0.163 e. The third kappa shape index (κ3) is 5.55. The average Bonchev–Trinajstić information content (AvgIpc) is 2.69. The standard InChI is InChI=1S/C22H27NO4.ClH/c1-17(24)20-9-5-6-10-21(20)27-16-19(25)15-23-13-11-22(26,12-14-23)18-7-3-2-4-8-18;/h2-10,19,25-26H,11-16H2,1H3;1H. The molecule has 152 valence electrons. The van der Waals surface area contributed by atoms with Crippen LogP contribution in [0.4, 0.5) is 0 Å². The number of aliphatic hydroxyl groups excluding tert-OH is 1. The number of hydrogen-bond acceptors (Lipinski definition) is 5. The van der Waals surface area contributed by atoms with Gasteiger partial charge < -0.3 is 19.8 Å². The molecule has 0 bridgehead atoms. The van der Waals surface area contributed by atoms with Gasteiger partial charge in [0, 0.05) is 19.6 Å². The molecule has 1 atom stereocenters. The van der Waals surface area contributed by atoms with Gasteiger partial charge in [-0.1, -0.05) is 42.5 Å². The van der Waals surface area contributed by atoms with E-state index in [4.69, 9.17) is 4.74 Å². The second-order valence-electron chi connectivity index (χ2n) is 7.22. The monoisotopic (exact) mass is 405 g/mol. The molecule has 1 fully saturated rings. The molecule has 0 spiro atoms. The Bertz CT molecular complexity index is 760. The fraction of sp³-hybridized carbons (Fsp3) is 0.409. The number of halogens is 1. The maximum absolute atomic E-state index is 11.6. The summed E-state index contributed by atoms with van der Waals surface area (Å²) in [7, 11) is 0. The third-order valence-electron chi connectivity index (χ3n) is 5.16. The Morgan fingerprint density at radius 2 is 1.71 bits per heavy atom. The minimum Gasteiger partial charge on any atom is -0.490 e. The van der Waals surface area contributed by atoms with Gasteiger partial charge in [0.05, 0.1) is 11.2 Å². The first-order valence-electron chi connectivity index (χ1n) is 9.39. The van der Waals surface area contributed by atoms with E-state index in [9.17, 15) is 15.0 Å². The van der Waals surface area contributed by atoms with Gasteiger partial charge >= 0.3 is 0 Å². The molecular formula is C22H28ClNO4. The fourth-order valence-electron chi connectivity index (χ4n) is 3.56. The maximum Gasteiger partial charge on any atom is 0.163 e. The largest absolute Gasteiger partial charge is 0.490 e. The summed E-state index contributed by atoms with van der Waals surface area (Å²) in [5.74, 6) is 0.442. The lowest BCUT2D eigenvalue weighted by Crippen LogP contribution is -2.46. The Labute approximate surface area is 172 Å². The van der Waals surface area contributed by atoms with E-state index in [1.807, 2.05) is 36.4 Å². The van der Waals surface area contributed by atoms with Gasteiger partial charge in [-0.05, 0) is 37.5 Å². The number of carbonyl (C=O) groups excluding carboxylic acids is 1. The Balaban J connectivity index is 0.00000280. The topological polar surface area (TPSA) is 70.0 Å². The highest BCUT2D eigenvalue weighted by Crippen LogP contribution is 2.32. The van der Waals surface area contributed by atoms with Gasteiger partial charge in [0.15, 0.2) is 5.78 Å². The van der Waals surface area contributed by atoms with Crippen LogP contribution >= 0.6 is 12.4 Å². The van der Waals surface area contributed by atoms with E-state index >= 15 is 0 Å². The maximum atomic E-state index is 11.6. The molecule has 28 heavy (non-hydrogen) atoms. The lowest BCUT2D eigenvalue weighted by atomic mass is 9.84. The van der Waals surface area contributed by atoms with Gasteiger partial charge in [-0.15, -0.1) is 12.4 Å². The zero-order valence-corrected chi connectivity index (χ0v) is 16.9. The number of aliphatic hydroxyl groups is 2. The normalized spacial score (nSPS) is 17.4. The molecule has 1 unspecified atom stereocenters. The summed E-state index contributed by atoms with van der Waals surface area (Å²) in [6.07, 6.45) is 0.614. The van der Waals surface area contributed by atoms with E-state index in [0.717, 1.165) is 5.56 Å². The molecule has 0 aliphatic carbocycles. The van der Waals surface area contributed by atoms with Gasteiger partial charge in [0.2, 0.25) is 0 Å². The quantitative estimate of drug-likeness (QED) is 0.693. The van der Waals surface area contributed by atoms with E-state index in [-0.39, 0.29) is 24.8 Å². The van der Waals surface area contributed by atoms with Gasteiger partial charge in [-0.25, -0.2) is 0 Å². The van der Waals surface area contributed by atoms with Crippen molar-refractivity contribution in [1.82, 2.24) is 4.90 Å². The molecule has 2 N–H and O–H groups in total. The van der Waals surface area contributed by atoms with Crippen LogP contribution in [0.1, 0.15) is 35.7 Å². The van der Waals surface area contributed by atoms with Crippen molar-refractivity contribution < 1.29 is 19.7 Å². The summed E-state index contributed by atoms with van der Waals surface area (Å²) in [4.78, 5) is 13.8. The number of likely N-dealkylation sites (tertiary alicyclic amines) is 1. The van der Waals surface area contributed by atoms with Crippen LogP contribution in [-0.2, 0) is 5.60 Å². The van der Waals surface area contributed by atoms with Crippen LogP contribution in [-0.4, -0.2) is 53.2 Å². The summed E-state index contributed by atoms with van der Waals surface area (Å²) in [6.45, 7) is 3.54. The third-order valence-corrected chi connectivity index (χ3v) is 5.16. The number of β-amino-alcohol motifs (C(OH)–C–C–N with tert-alkyl or cyclic N) is 1. The first kappa shape index (κ1) is 22.4. The number of ether oxygens (including phenoxy) is 1. The molecule has 5 nitrogen and oxygen atoms in total. The predicted octanol–water partition coefficient (Wildman–Crippen LogP) is 3.03. The van der Waals surface area contributed by atoms with Crippen LogP contribution in [0.15, 0.2) is 54.6 Å². The molecule has 0 radical (unpaired) electrons. The van der Waals surface area contributed by atoms with Crippen molar-refractivity contribution in [3.63, 3.8) is 0 Å². The van der Waals surface area contributed by atoms with E-state index in [2.05, 4.69) is 4.90 Å². The van der Waals surface area contributed by atoms with Gasteiger partial charge in [-0.2, -0.15) is 0 Å². The SMILES string of the molecule is CC(=O)c1ccccc1OCC(O)CN1CCC(O)(c2ccccc2)CC1.Cl. The van der Waals surface area contributed by atoms with Gasteiger partial charge in [0.1, 0.15) is 18.5 Å². The summed E-state index contributed by atoms with van der Waals surface area (Å²) < 4.78 is 5.67. The molecule has 1 aliphatic rings. The molecular weight excluding hydrogens is 378 g/mol. The van der Waals surface area contributed by atoms with Crippen LogP contribution in [0.5, 0.6) is 5.75 Å². The zero-order valence-electron chi connectivity index (χ0n) is 16.1. The highest BCUT2D eigenvalue weighted by atomic mass is 35.5. The number of ketones is 1. The molecule has 0 saturated carbocycles. The highest BCUT2D eigenvalue weighted by Gasteiger charge is 2.34. The van der Waals surface area contributed by atoms with Crippen molar-refractivity contribution in [2.24, 2.45) is 0 Å². The van der Waals surface area contributed by atoms with E-state index in [1.165, 1.54) is 6.92 Å². The zero-order chi connectivity index (χ0) is 19.3. The minimum absolute atomic E-state index is 0. The van der Waals surface area contributed by atoms with E-state index in [1.54, 1.807) is 18.2 Å². The number of nitrogens with zero attached hydrogens (tertiary/aromatic N) is 1. The van der Waals surface area contributed by atoms with Crippen molar-refractivity contribution in [3.8, 4) is 5.75 Å². The molecule has 6 heteroatoms. The van der Waals surface area contributed by atoms with Crippen molar-refractivity contribution in [2.75, 3.05) is 26.2 Å². The molecule has 0 amide bonds. The Morgan fingerprint density at radius 3 is 2.36 bits per heavy atom. The van der Waals surface area contributed by atoms with Crippen molar-refractivity contribution in [3.05, 3.63) is 65.7 Å². The van der Waals surface area contributed by atoms with Crippen LogP contribution in [0.2, 0.25) is 0 Å². The number of benzene rings is 2. The lowest BCUT2D eigenvalue weighted by Gasteiger charge is -2.39. The molecule has 3 rings (SSSR count). The number of piperidine rings is 1. The lowest BCUT2D eigenvalue weighted by molar-refractivity contribution is -0.0372. The number of rotatable bonds is 7. The molecule has 2 aromatic rings. The van der Waals surface area contributed by atoms with Crippen molar-refractivity contribution in [2.45, 2.75) is 31.5 Å².